The van der Waals surface area contributed by atoms with Crippen molar-refractivity contribution in [1.82, 2.24) is 0 Å². The first-order valence-corrected chi connectivity index (χ1v) is 12.6. The molecule has 0 aliphatic heterocycles. The molecule has 2 aromatic carbocycles. The summed E-state index contributed by atoms with van der Waals surface area (Å²) >= 11 is 0. The monoisotopic (exact) mass is 475 g/mol. The topological polar surface area (TPSA) is 119 Å². The van der Waals surface area contributed by atoms with Gasteiger partial charge in [-0.2, -0.15) is 0 Å². The fraction of sp³-hybridized carbons (Fsp3) is 0.417. The van der Waals surface area contributed by atoms with Crippen LogP contribution in [0.2, 0.25) is 0 Å². The van der Waals surface area contributed by atoms with Gasteiger partial charge in [0.1, 0.15) is 22.1 Å². The first-order chi connectivity index (χ1) is 15.6. The highest BCUT2D eigenvalue weighted by Gasteiger charge is 2.27. The van der Waals surface area contributed by atoms with Crippen LogP contribution in [0.4, 0.5) is 5.69 Å². The second-order valence-electron chi connectivity index (χ2n) is 8.28. The molecule has 1 aliphatic carbocycles. The Bertz CT molecular complexity index is 1130. The third-order valence-corrected chi connectivity index (χ3v) is 7.50. The number of hydrogen-bond donors (Lipinski definition) is 2. The van der Waals surface area contributed by atoms with Crippen LogP contribution < -0.4 is 10.1 Å². The lowest BCUT2D eigenvalue weighted by Gasteiger charge is -2.16. The second-order valence-corrected chi connectivity index (χ2v) is 10.3. The number of carbonyl (C=O) groups excluding carboxylic acids is 2. The third kappa shape index (κ3) is 6.04. The van der Waals surface area contributed by atoms with Crippen molar-refractivity contribution in [3.63, 3.8) is 0 Å². The molecule has 0 unspecified atom stereocenters. The molecule has 1 saturated carbocycles. The Balaban J connectivity index is 1.81. The van der Waals surface area contributed by atoms with Crippen LogP contribution in [0.1, 0.15) is 43.7 Å². The Morgan fingerprint density at radius 1 is 1.09 bits per heavy atom. The van der Waals surface area contributed by atoms with E-state index < -0.39 is 21.7 Å². The van der Waals surface area contributed by atoms with Crippen LogP contribution in [0.3, 0.4) is 0 Å². The van der Waals surface area contributed by atoms with Crippen molar-refractivity contribution in [2.75, 3.05) is 17.7 Å². The van der Waals surface area contributed by atoms with Gasteiger partial charge < -0.3 is 19.9 Å². The standard InChI is InChI=1S/C24H29NO7S/c1-4-31-24(28)23(27)25-18-11-15(2)22(16(3)12-18)32-19-9-10-20(26)21(13-19)33(29,30)14-17-7-5-6-8-17/h9-13,17,26H,4-8,14H2,1-3H3,(H,25,27). The predicted octanol–water partition coefficient (Wildman–Crippen LogP) is 4.27. The number of phenols is 1. The smallest absolute Gasteiger partial charge is 0.397 e. The Morgan fingerprint density at radius 2 is 1.73 bits per heavy atom. The minimum atomic E-state index is -3.66. The summed E-state index contributed by atoms with van der Waals surface area (Å²) < 4.78 is 36.5. The molecule has 0 radical (unpaired) electrons. The summed E-state index contributed by atoms with van der Waals surface area (Å²) in [7, 11) is -3.66. The third-order valence-electron chi connectivity index (χ3n) is 5.60. The Kier molecular flexibility index (Phi) is 7.63. The molecule has 1 aliphatic rings. The Morgan fingerprint density at radius 3 is 2.33 bits per heavy atom. The van der Waals surface area contributed by atoms with Gasteiger partial charge in [-0.3, -0.25) is 4.79 Å². The van der Waals surface area contributed by atoms with Gasteiger partial charge in [-0.15, -0.1) is 0 Å². The van der Waals surface area contributed by atoms with E-state index in [4.69, 9.17) is 4.74 Å². The van der Waals surface area contributed by atoms with E-state index in [0.717, 1.165) is 25.7 Å². The molecule has 1 amide bonds. The highest BCUT2D eigenvalue weighted by molar-refractivity contribution is 7.91. The quantitative estimate of drug-likeness (QED) is 0.453. The number of phenolic OH excluding ortho intramolecular Hbond substituents is 1. The maximum atomic E-state index is 12.9. The van der Waals surface area contributed by atoms with Crippen LogP contribution in [-0.4, -0.2) is 37.8 Å². The molecule has 178 valence electrons. The fourth-order valence-electron chi connectivity index (χ4n) is 4.06. The van der Waals surface area contributed by atoms with Crippen molar-refractivity contribution in [2.24, 2.45) is 5.92 Å². The maximum absolute atomic E-state index is 12.9. The molecule has 9 heteroatoms. The molecule has 3 rings (SSSR count). The molecule has 0 atom stereocenters. The van der Waals surface area contributed by atoms with Crippen LogP contribution in [0.25, 0.3) is 0 Å². The zero-order chi connectivity index (χ0) is 24.2. The second kappa shape index (κ2) is 10.2. The van der Waals surface area contributed by atoms with E-state index in [1.54, 1.807) is 32.9 Å². The average molecular weight is 476 g/mol. The number of carbonyl (C=O) groups is 2. The van der Waals surface area contributed by atoms with E-state index in [1.165, 1.54) is 18.2 Å². The van der Waals surface area contributed by atoms with E-state index in [1.807, 2.05) is 0 Å². The van der Waals surface area contributed by atoms with Crippen LogP contribution in [0, 0.1) is 19.8 Å². The summed E-state index contributed by atoms with van der Waals surface area (Å²) in [5.74, 6) is -1.27. The normalized spacial score (nSPS) is 14.2. The highest BCUT2D eigenvalue weighted by Crippen LogP contribution is 2.36. The lowest BCUT2D eigenvalue weighted by atomic mass is 10.1. The lowest BCUT2D eigenvalue weighted by Crippen LogP contribution is -2.25. The highest BCUT2D eigenvalue weighted by atomic mass is 32.2. The minimum Gasteiger partial charge on any atom is -0.507 e. The molecule has 2 aromatic rings. The summed E-state index contributed by atoms with van der Waals surface area (Å²) in [5.41, 5.74) is 1.73. The molecular weight excluding hydrogens is 446 g/mol. The van der Waals surface area contributed by atoms with Crippen LogP contribution >= 0.6 is 0 Å². The van der Waals surface area contributed by atoms with Crippen LogP contribution in [-0.2, 0) is 24.2 Å². The molecule has 0 aromatic heterocycles. The van der Waals surface area contributed by atoms with Crippen molar-refractivity contribution in [3.05, 3.63) is 41.5 Å². The van der Waals surface area contributed by atoms with Gasteiger partial charge in [-0.05, 0) is 74.9 Å². The molecule has 0 spiro atoms. The molecule has 0 bridgehead atoms. The first-order valence-electron chi connectivity index (χ1n) is 10.9. The van der Waals surface area contributed by atoms with E-state index >= 15 is 0 Å². The minimum absolute atomic E-state index is 0.0108. The van der Waals surface area contributed by atoms with E-state index in [0.29, 0.717) is 22.6 Å². The van der Waals surface area contributed by atoms with Gasteiger partial charge in [0, 0.05) is 11.8 Å². The van der Waals surface area contributed by atoms with Gasteiger partial charge >= 0.3 is 11.9 Å². The van der Waals surface area contributed by atoms with Gasteiger partial charge in [-0.25, -0.2) is 13.2 Å². The van der Waals surface area contributed by atoms with Crippen molar-refractivity contribution in [3.8, 4) is 17.2 Å². The van der Waals surface area contributed by atoms with Gasteiger partial charge in [-0.1, -0.05) is 12.8 Å². The van der Waals surface area contributed by atoms with Crippen molar-refractivity contribution < 1.29 is 32.6 Å². The number of hydrogen-bond acceptors (Lipinski definition) is 7. The Labute approximate surface area is 193 Å². The molecule has 33 heavy (non-hydrogen) atoms. The fourth-order valence-corrected chi connectivity index (χ4v) is 5.88. The van der Waals surface area contributed by atoms with Gasteiger partial charge in [0.15, 0.2) is 9.84 Å². The number of nitrogens with one attached hydrogen (secondary N) is 1. The van der Waals surface area contributed by atoms with E-state index in [2.05, 4.69) is 10.1 Å². The summed E-state index contributed by atoms with van der Waals surface area (Å²) in [6, 6.07) is 7.43. The van der Waals surface area contributed by atoms with Crippen LogP contribution in [0.15, 0.2) is 35.2 Å². The molecule has 0 saturated heterocycles. The number of rotatable bonds is 7. The zero-order valence-corrected chi connectivity index (χ0v) is 19.8. The number of ether oxygens (including phenoxy) is 2. The maximum Gasteiger partial charge on any atom is 0.397 e. The van der Waals surface area contributed by atoms with Crippen molar-refractivity contribution in [1.29, 1.82) is 0 Å². The van der Waals surface area contributed by atoms with Crippen LogP contribution in [0.5, 0.6) is 17.2 Å². The summed E-state index contributed by atoms with van der Waals surface area (Å²) in [4.78, 5) is 23.3. The molecule has 1 fully saturated rings. The summed E-state index contributed by atoms with van der Waals surface area (Å²) in [6.45, 7) is 5.24. The molecule has 0 heterocycles. The number of benzene rings is 2. The molecule has 8 nitrogen and oxygen atoms in total. The number of sulfone groups is 1. The predicted molar refractivity (Wildman–Crippen MR) is 123 cm³/mol. The SMILES string of the molecule is CCOC(=O)C(=O)Nc1cc(C)c(Oc2ccc(O)c(S(=O)(=O)CC3CCCC3)c2)c(C)c1. The van der Waals surface area contributed by atoms with E-state index in [-0.39, 0.29) is 34.7 Å². The summed E-state index contributed by atoms with van der Waals surface area (Å²) in [5, 5.41) is 12.7. The number of anilines is 1. The number of esters is 1. The largest absolute Gasteiger partial charge is 0.507 e. The number of amides is 1. The van der Waals surface area contributed by atoms with Gasteiger partial charge in [0.2, 0.25) is 0 Å². The summed E-state index contributed by atoms with van der Waals surface area (Å²) in [6.07, 6.45) is 3.83. The van der Waals surface area contributed by atoms with Gasteiger partial charge in [0.05, 0.1) is 12.4 Å². The van der Waals surface area contributed by atoms with Gasteiger partial charge in [0.25, 0.3) is 0 Å². The number of aryl methyl sites for hydroxylation is 2. The van der Waals surface area contributed by atoms with Crippen molar-refractivity contribution >= 4 is 27.4 Å². The first kappa shape index (κ1) is 24.6. The molecule has 2 N–H and O–H groups in total. The molecular formula is C24H29NO7S. The zero-order valence-electron chi connectivity index (χ0n) is 19.0. The Hall–Kier alpha value is -3.07. The van der Waals surface area contributed by atoms with E-state index in [9.17, 15) is 23.1 Å². The van der Waals surface area contributed by atoms with Crippen molar-refractivity contribution in [2.45, 2.75) is 51.3 Å². The number of aromatic hydroxyl groups is 1. The average Bonchev–Trinajstić information content (AvgIpc) is 3.24. The lowest BCUT2D eigenvalue weighted by molar-refractivity contribution is -0.152.